The standard InChI is InChI=1S/C12H16FNO2.ClH/c1-15-10-4-2-3-9(11(10)13)12(14)5-7-16-8-6-12;/h2-4H,5-8,14H2,1H3;1H. The van der Waals surface area contributed by atoms with E-state index >= 15 is 0 Å². The van der Waals surface area contributed by atoms with Gasteiger partial charge in [-0.2, -0.15) is 0 Å². The van der Waals surface area contributed by atoms with E-state index in [2.05, 4.69) is 0 Å². The summed E-state index contributed by atoms with van der Waals surface area (Å²) >= 11 is 0. The molecule has 1 aromatic carbocycles. The van der Waals surface area contributed by atoms with E-state index in [1.165, 1.54) is 7.11 Å². The van der Waals surface area contributed by atoms with E-state index in [4.69, 9.17) is 15.2 Å². The van der Waals surface area contributed by atoms with Crippen molar-refractivity contribution in [2.45, 2.75) is 18.4 Å². The molecule has 3 nitrogen and oxygen atoms in total. The zero-order chi connectivity index (χ0) is 11.6. The van der Waals surface area contributed by atoms with Crippen molar-refractivity contribution in [3.63, 3.8) is 0 Å². The lowest BCUT2D eigenvalue weighted by atomic mass is 9.83. The van der Waals surface area contributed by atoms with Crippen molar-refractivity contribution in [2.24, 2.45) is 5.73 Å². The predicted octanol–water partition coefficient (Wildman–Crippen LogP) is 2.22. The maximum absolute atomic E-state index is 14.1. The maximum atomic E-state index is 14.1. The SMILES string of the molecule is COc1cccc(C2(N)CCOCC2)c1F.Cl. The summed E-state index contributed by atoms with van der Waals surface area (Å²) in [7, 11) is 1.45. The lowest BCUT2D eigenvalue weighted by Crippen LogP contribution is -2.42. The van der Waals surface area contributed by atoms with Crippen molar-refractivity contribution in [2.75, 3.05) is 20.3 Å². The second kappa shape index (κ2) is 5.67. The van der Waals surface area contributed by atoms with Gasteiger partial charge in [-0.1, -0.05) is 12.1 Å². The number of hydrogen-bond donors (Lipinski definition) is 1. The third kappa shape index (κ3) is 2.70. The molecule has 2 rings (SSSR count). The fraction of sp³-hybridized carbons (Fsp3) is 0.500. The minimum atomic E-state index is -0.628. The highest BCUT2D eigenvalue weighted by molar-refractivity contribution is 5.85. The third-order valence-corrected chi connectivity index (χ3v) is 3.10. The maximum Gasteiger partial charge on any atom is 0.170 e. The second-order valence-corrected chi connectivity index (χ2v) is 4.09. The zero-order valence-corrected chi connectivity index (χ0v) is 10.6. The molecule has 1 saturated heterocycles. The summed E-state index contributed by atoms with van der Waals surface area (Å²) in [5.41, 5.74) is 6.12. The number of methoxy groups -OCH3 is 1. The highest BCUT2D eigenvalue weighted by atomic mass is 35.5. The molecule has 5 heteroatoms. The van der Waals surface area contributed by atoms with Gasteiger partial charge in [0.25, 0.3) is 0 Å². The molecular weight excluding hydrogens is 245 g/mol. The lowest BCUT2D eigenvalue weighted by molar-refractivity contribution is 0.0509. The van der Waals surface area contributed by atoms with Crippen molar-refractivity contribution in [3.8, 4) is 5.75 Å². The molecule has 0 unspecified atom stereocenters. The van der Waals surface area contributed by atoms with Gasteiger partial charge in [-0.3, -0.25) is 0 Å². The monoisotopic (exact) mass is 261 g/mol. The van der Waals surface area contributed by atoms with Gasteiger partial charge >= 0.3 is 0 Å². The molecule has 0 radical (unpaired) electrons. The van der Waals surface area contributed by atoms with Crippen LogP contribution in [0.5, 0.6) is 5.75 Å². The molecule has 1 heterocycles. The third-order valence-electron chi connectivity index (χ3n) is 3.10. The van der Waals surface area contributed by atoms with Gasteiger partial charge in [-0.25, -0.2) is 4.39 Å². The number of hydrogen-bond acceptors (Lipinski definition) is 3. The van der Waals surface area contributed by atoms with E-state index in [1.807, 2.05) is 0 Å². The molecule has 1 fully saturated rings. The van der Waals surface area contributed by atoms with Crippen molar-refractivity contribution < 1.29 is 13.9 Å². The summed E-state index contributed by atoms with van der Waals surface area (Å²) in [6.45, 7) is 1.15. The summed E-state index contributed by atoms with van der Waals surface area (Å²) in [5.74, 6) is -0.108. The average Bonchev–Trinajstić information content (AvgIpc) is 2.30. The van der Waals surface area contributed by atoms with E-state index in [0.29, 0.717) is 31.6 Å². The van der Waals surface area contributed by atoms with Crippen LogP contribution in [0.4, 0.5) is 4.39 Å². The number of halogens is 2. The number of benzene rings is 1. The van der Waals surface area contributed by atoms with Crippen molar-refractivity contribution >= 4 is 12.4 Å². The van der Waals surface area contributed by atoms with Gasteiger partial charge in [0.2, 0.25) is 0 Å². The van der Waals surface area contributed by atoms with E-state index in [0.717, 1.165) is 0 Å². The Morgan fingerprint density at radius 2 is 2.00 bits per heavy atom. The molecule has 2 N–H and O–H groups in total. The fourth-order valence-electron chi connectivity index (χ4n) is 2.06. The van der Waals surface area contributed by atoms with Crippen LogP contribution in [0.15, 0.2) is 18.2 Å². The lowest BCUT2D eigenvalue weighted by Gasteiger charge is -2.34. The Balaban J connectivity index is 0.00000144. The van der Waals surface area contributed by atoms with Gasteiger partial charge in [0.1, 0.15) is 0 Å². The van der Waals surface area contributed by atoms with Gasteiger partial charge in [-0.15, -0.1) is 12.4 Å². The Bertz CT molecular complexity index is 381. The van der Waals surface area contributed by atoms with Gasteiger partial charge < -0.3 is 15.2 Å². The number of ether oxygens (including phenoxy) is 2. The Labute approximate surface area is 107 Å². The second-order valence-electron chi connectivity index (χ2n) is 4.09. The summed E-state index contributed by atoms with van der Waals surface area (Å²) in [6, 6.07) is 5.09. The van der Waals surface area contributed by atoms with Crippen LogP contribution in [-0.2, 0) is 10.3 Å². The molecule has 1 aliphatic heterocycles. The van der Waals surface area contributed by atoms with Crippen LogP contribution in [0.25, 0.3) is 0 Å². The first-order valence-corrected chi connectivity index (χ1v) is 5.37. The topological polar surface area (TPSA) is 44.5 Å². The van der Waals surface area contributed by atoms with Crippen LogP contribution >= 0.6 is 12.4 Å². The summed E-state index contributed by atoms with van der Waals surface area (Å²) in [6.07, 6.45) is 1.27. The molecular formula is C12H17ClFNO2. The first-order chi connectivity index (χ1) is 7.67. The van der Waals surface area contributed by atoms with Crippen LogP contribution in [0.2, 0.25) is 0 Å². The van der Waals surface area contributed by atoms with Crippen molar-refractivity contribution in [3.05, 3.63) is 29.6 Å². The first kappa shape index (κ1) is 14.2. The molecule has 0 bridgehead atoms. The summed E-state index contributed by atoms with van der Waals surface area (Å²) in [4.78, 5) is 0. The van der Waals surface area contributed by atoms with Crippen molar-refractivity contribution in [1.82, 2.24) is 0 Å². The Hall–Kier alpha value is -0.840. The van der Waals surface area contributed by atoms with Crippen molar-refractivity contribution in [1.29, 1.82) is 0 Å². The van der Waals surface area contributed by atoms with Crippen LogP contribution in [-0.4, -0.2) is 20.3 Å². The fourth-order valence-corrected chi connectivity index (χ4v) is 2.06. The summed E-state index contributed by atoms with van der Waals surface area (Å²) in [5, 5.41) is 0. The van der Waals surface area contributed by atoms with Gasteiger partial charge in [0.15, 0.2) is 11.6 Å². The van der Waals surface area contributed by atoms with Gasteiger partial charge in [-0.05, 0) is 18.9 Å². The minimum absolute atomic E-state index is 0. The first-order valence-electron chi connectivity index (χ1n) is 5.37. The molecule has 0 spiro atoms. The highest BCUT2D eigenvalue weighted by Gasteiger charge is 2.33. The van der Waals surface area contributed by atoms with Crippen LogP contribution in [0.3, 0.4) is 0 Å². The molecule has 0 aliphatic carbocycles. The Kier molecular flexibility index (Phi) is 4.74. The predicted molar refractivity (Wildman–Crippen MR) is 66.1 cm³/mol. The molecule has 0 amide bonds. The van der Waals surface area contributed by atoms with E-state index < -0.39 is 5.54 Å². The molecule has 17 heavy (non-hydrogen) atoms. The van der Waals surface area contributed by atoms with E-state index in [-0.39, 0.29) is 24.0 Å². The molecule has 0 atom stereocenters. The number of rotatable bonds is 2. The average molecular weight is 262 g/mol. The van der Waals surface area contributed by atoms with E-state index in [1.54, 1.807) is 18.2 Å². The van der Waals surface area contributed by atoms with Crippen LogP contribution in [0, 0.1) is 5.82 Å². The molecule has 1 aliphatic rings. The molecule has 0 saturated carbocycles. The quantitative estimate of drug-likeness (QED) is 0.888. The van der Waals surface area contributed by atoms with Crippen LogP contribution in [0.1, 0.15) is 18.4 Å². The Morgan fingerprint density at radius 3 is 2.59 bits per heavy atom. The highest BCUT2D eigenvalue weighted by Crippen LogP contribution is 2.34. The molecule has 0 aromatic heterocycles. The largest absolute Gasteiger partial charge is 0.494 e. The molecule has 96 valence electrons. The Morgan fingerprint density at radius 1 is 1.35 bits per heavy atom. The normalized spacial score (nSPS) is 18.3. The molecule has 1 aromatic rings. The van der Waals surface area contributed by atoms with Crippen LogP contribution < -0.4 is 10.5 Å². The van der Waals surface area contributed by atoms with E-state index in [9.17, 15) is 4.39 Å². The minimum Gasteiger partial charge on any atom is -0.494 e. The summed E-state index contributed by atoms with van der Waals surface area (Å²) < 4.78 is 24.3. The smallest absolute Gasteiger partial charge is 0.170 e. The number of nitrogens with two attached hydrogens (primary N) is 1. The van der Waals surface area contributed by atoms with Gasteiger partial charge in [0.05, 0.1) is 7.11 Å². The zero-order valence-electron chi connectivity index (χ0n) is 9.74. The van der Waals surface area contributed by atoms with Gasteiger partial charge in [0, 0.05) is 24.3 Å².